The number of fused-ring (bicyclic) bond motifs is 1. The highest BCUT2D eigenvalue weighted by Crippen LogP contribution is 2.32. The standard InChI is InChI=1S/C18H18ClFN2O5S/c19-14-10-12(3-5-15(14)20)22-18(23)2-1-7-21-28(24,25)13-4-6-16-17(11-13)27-9-8-26-16/h3-6,10-11,21H,1-2,7-9H2,(H,22,23). The first kappa shape index (κ1) is 20.4. The summed E-state index contributed by atoms with van der Waals surface area (Å²) in [6.45, 7) is 0.857. The molecule has 0 aromatic heterocycles. The number of amides is 1. The number of halogens is 2. The van der Waals surface area contributed by atoms with Crippen molar-refractivity contribution in [3.63, 3.8) is 0 Å². The summed E-state index contributed by atoms with van der Waals surface area (Å²) in [7, 11) is -3.74. The van der Waals surface area contributed by atoms with Crippen molar-refractivity contribution in [2.45, 2.75) is 17.7 Å². The van der Waals surface area contributed by atoms with Crippen molar-refractivity contribution in [3.05, 3.63) is 47.2 Å². The number of hydrogen-bond acceptors (Lipinski definition) is 5. The van der Waals surface area contributed by atoms with Crippen molar-refractivity contribution in [1.82, 2.24) is 4.72 Å². The lowest BCUT2D eigenvalue weighted by Crippen LogP contribution is -2.26. The molecule has 2 N–H and O–H groups in total. The summed E-state index contributed by atoms with van der Waals surface area (Å²) < 4.78 is 51.0. The molecular weight excluding hydrogens is 411 g/mol. The summed E-state index contributed by atoms with van der Waals surface area (Å²) in [5, 5.41) is 2.48. The minimum atomic E-state index is -3.74. The SMILES string of the molecule is O=C(CCCNS(=O)(=O)c1ccc2c(c1)OCCO2)Nc1ccc(F)c(Cl)c1. The van der Waals surface area contributed by atoms with Crippen LogP contribution in [0.4, 0.5) is 10.1 Å². The smallest absolute Gasteiger partial charge is 0.240 e. The van der Waals surface area contributed by atoms with E-state index in [-0.39, 0.29) is 35.2 Å². The van der Waals surface area contributed by atoms with E-state index in [1.165, 1.54) is 24.3 Å². The first-order valence-electron chi connectivity index (χ1n) is 8.49. The van der Waals surface area contributed by atoms with Crippen molar-refractivity contribution < 1.29 is 27.1 Å². The zero-order chi connectivity index (χ0) is 20.1. The van der Waals surface area contributed by atoms with Gasteiger partial charge >= 0.3 is 0 Å². The Hall–Kier alpha value is -2.36. The third-order valence-corrected chi connectivity index (χ3v) is 5.65. The predicted molar refractivity (Wildman–Crippen MR) is 102 cm³/mol. The third kappa shape index (κ3) is 5.12. The molecule has 2 aromatic rings. The molecule has 0 saturated heterocycles. The van der Waals surface area contributed by atoms with Crippen LogP contribution < -0.4 is 19.5 Å². The van der Waals surface area contributed by atoms with Crippen LogP contribution in [0.15, 0.2) is 41.3 Å². The molecule has 0 fully saturated rings. The number of carbonyl (C=O) groups excluding carboxylic acids is 1. The molecule has 28 heavy (non-hydrogen) atoms. The average molecular weight is 429 g/mol. The summed E-state index contributed by atoms with van der Waals surface area (Å²) in [6.07, 6.45) is 0.364. The van der Waals surface area contributed by atoms with Gasteiger partial charge in [-0.1, -0.05) is 11.6 Å². The molecule has 0 radical (unpaired) electrons. The molecule has 10 heteroatoms. The van der Waals surface area contributed by atoms with E-state index in [4.69, 9.17) is 21.1 Å². The molecule has 7 nitrogen and oxygen atoms in total. The van der Waals surface area contributed by atoms with Crippen molar-refractivity contribution in [2.24, 2.45) is 0 Å². The summed E-state index contributed by atoms with van der Waals surface area (Å²) in [4.78, 5) is 12.0. The van der Waals surface area contributed by atoms with Gasteiger partial charge in [0.25, 0.3) is 0 Å². The zero-order valence-corrected chi connectivity index (χ0v) is 16.3. The summed E-state index contributed by atoms with van der Waals surface area (Å²) >= 11 is 5.66. The van der Waals surface area contributed by atoms with Crippen molar-refractivity contribution in [2.75, 3.05) is 25.1 Å². The largest absolute Gasteiger partial charge is 0.486 e. The Balaban J connectivity index is 1.48. The summed E-state index contributed by atoms with van der Waals surface area (Å²) in [5.41, 5.74) is 0.369. The molecule has 0 unspecified atom stereocenters. The van der Waals surface area contributed by atoms with Crippen LogP contribution in [0.1, 0.15) is 12.8 Å². The quantitative estimate of drug-likeness (QED) is 0.661. The predicted octanol–water partition coefficient (Wildman–Crippen LogP) is 2.95. The number of benzene rings is 2. The van der Waals surface area contributed by atoms with Crippen LogP contribution in [0.25, 0.3) is 0 Å². The number of anilines is 1. The Bertz CT molecular complexity index is 984. The molecule has 3 rings (SSSR count). The normalized spacial score (nSPS) is 13.2. The summed E-state index contributed by atoms with van der Waals surface area (Å²) in [5.74, 6) is -0.0244. The number of sulfonamides is 1. The maximum atomic E-state index is 13.1. The first-order valence-corrected chi connectivity index (χ1v) is 10.4. The number of rotatable bonds is 7. The van der Waals surface area contributed by atoms with Crippen LogP contribution in [0.2, 0.25) is 5.02 Å². The fourth-order valence-corrected chi connectivity index (χ4v) is 3.80. The van der Waals surface area contributed by atoms with Crippen molar-refractivity contribution in [1.29, 1.82) is 0 Å². The molecule has 0 saturated carbocycles. The van der Waals surface area contributed by atoms with Gasteiger partial charge < -0.3 is 14.8 Å². The molecule has 0 atom stereocenters. The Kier molecular flexibility index (Phi) is 6.38. The minimum absolute atomic E-state index is 0.0576. The monoisotopic (exact) mass is 428 g/mol. The number of nitrogens with one attached hydrogen (secondary N) is 2. The fraction of sp³-hybridized carbons (Fsp3) is 0.278. The molecule has 1 aliphatic heterocycles. The highest BCUT2D eigenvalue weighted by atomic mass is 35.5. The van der Waals surface area contributed by atoms with Crippen molar-refractivity contribution in [3.8, 4) is 11.5 Å². The number of carbonyl (C=O) groups is 1. The fourth-order valence-electron chi connectivity index (χ4n) is 2.53. The van der Waals surface area contributed by atoms with E-state index in [9.17, 15) is 17.6 Å². The molecule has 150 valence electrons. The molecule has 0 bridgehead atoms. The van der Waals surface area contributed by atoms with E-state index in [2.05, 4.69) is 10.0 Å². The van der Waals surface area contributed by atoms with Gasteiger partial charge in [0, 0.05) is 24.7 Å². The maximum absolute atomic E-state index is 13.1. The lowest BCUT2D eigenvalue weighted by atomic mass is 10.2. The second-order valence-electron chi connectivity index (χ2n) is 5.98. The first-order chi connectivity index (χ1) is 13.3. The van der Waals surface area contributed by atoms with Crippen LogP contribution in [0.3, 0.4) is 0 Å². The molecule has 0 aliphatic carbocycles. The van der Waals surface area contributed by atoms with Crippen LogP contribution in [-0.4, -0.2) is 34.1 Å². The van der Waals surface area contributed by atoms with Gasteiger partial charge in [0.15, 0.2) is 11.5 Å². The van der Waals surface area contributed by atoms with Gasteiger partial charge in [-0.2, -0.15) is 0 Å². The van der Waals surface area contributed by atoms with Gasteiger partial charge in [0.1, 0.15) is 19.0 Å². The highest BCUT2D eigenvalue weighted by Gasteiger charge is 2.19. The Labute approximate surface area is 166 Å². The Morgan fingerprint density at radius 2 is 1.86 bits per heavy atom. The Morgan fingerprint density at radius 3 is 2.61 bits per heavy atom. The Morgan fingerprint density at radius 1 is 1.11 bits per heavy atom. The molecule has 1 amide bonds. The van der Waals surface area contributed by atoms with Crippen LogP contribution in [0, 0.1) is 5.82 Å². The maximum Gasteiger partial charge on any atom is 0.240 e. The van der Waals surface area contributed by atoms with E-state index in [1.807, 2.05) is 0 Å². The van der Waals surface area contributed by atoms with E-state index < -0.39 is 15.8 Å². The van der Waals surface area contributed by atoms with Crippen LogP contribution in [-0.2, 0) is 14.8 Å². The van der Waals surface area contributed by atoms with Gasteiger partial charge in [-0.15, -0.1) is 0 Å². The topological polar surface area (TPSA) is 93.7 Å². The number of ether oxygens (including phenoxy) is 2. The van der Waals surface area contributed by atoms with E-state index >= 15 is 0 Å². The zero-order valence-electron chi connectivity index (χ0n) is 14.7. The molecule has 0 spiro atoms. The molecule has 1 aliphatic rings. The second kappa shape index (κ2) is 8.76. The number of hydrogen-bond donors (Lipinski definition) is 2. The van der Waals surface area contributed by atoms with E-state index in [1.54, 1.807) is 6.07 Å². The molecular formula is C18H18ClFN2O5S. The van der Waals surface area contributed by atoms with Gasteiger partial charge in [-0.25, -0.2) is 17.5 Å². The lowest BCUT2D eigenvalue weighted by Gasteiger charge is -2.18. The molecule has 1 heterocycles. The van der Waals surface area contributed by atoms with Gasteiger partial charge in [0.2, 0.25) is 15.9 Å². The van der Waals surface area contributed by atoms with Crippen LogP contribution >= 0.6 is 11.6 Å². The van der Waals surface area contributed by atoms with E-state index in [0.29, 0.717) is 30.4 Å². The van der Waals surface area contributed by atoms with Crippen molar-refractivity contribution >= 4 is 33.2 Å². The third-order valence-electron chi connectivity index (χ3n) is 3.90. The minimum Gasteiger partial charge on any atom is -0.486 e. The molecule has 2 aromatic carbocycles. The average Bonchev–Trinajstić information content (AvgIpc) is 2.68. The highest BCUT2D eigenvalue weighted by molar-refractivity contribution is 7.89. The summed E-state index contributed by atoms with van der Waals surface area (Å²) in [6, 6.07) is 8.23. The van der Waals surface area contributed by atoms with Crippen LogP contribution in [0.5, 0.6) is 11.5 Å². The second-order valence-corrected chi connectivity index (χ2v) is 8.16. The van der Waals surface area contributed by atoms with Gasteiger partial charge in [-0.05, 0) is 36.8 Å². The lowest BCUT2D eigenvalue weighted by molar-refractivity contribution is -0.116. The van der Waals surface area contributed by atoms with Gasteiger partial charge in [-0.3, -0.25) is 4.79 Å². The van der Waals surface area contributed by atoms with Gasteiger partial charge in [0.05, 0.1) is 9.92 Å². The van der Waals surface area contributed by atoms with E-state index in [0.717, 1.165) is 6.07 Å².